The number of halogens is 1. The fourth-order valence-corrected chi connectivity index (χ4v) is 2.55. The second-order valence-corrected chi connectivity index (χ2v) is 5.80. The fraction of sp³-hybridized carbons (Fsp3) is 0.111. The first-order valence-corrected chi connectivity index (χ1v) is 8.16. The standard InChI is InChI=1S/C9H7N3O3.C9H10N2O2.ClH/c10-12-7(9(14)15)11-6-4-2-1-3-5(6)8(12)13;10-4-6-1-2-8-7(3-6)11-9(12)5-13-8;/h1-4H,10H2,(H,14,15);1-3H,4-5,10H2,(H,11,12);1H. The number of para-hydroxylation sites is 1. The van der Waals surface area contributed by atoms with Gasteiger partial charge in [0.1, 0.15) is 5.75 Å². The molecule has 1 amide bonds. The van der Waals surface area contributed by atoms with Gasteiger partial charge < -0.3 is 26.7 Å². The molecule has 29 heavy (non-hydrogen) atoms. The summed E-state index contributed by atoms with van der Waals surface area (Å²) in [6.45, 7) is 0.554. The zero-order valence-electron chi connectivity index (χ0n) is 15.0. The number of hydrogen-bond donors (Lipinski definition) is 4. The van der Waals surface area contributed by atoms with E-state index in [1.165, 1.54) is 0 Å². The van der Waals surface area contributed by atoms with Crippen molar-refractivity contribution in [2.75, 3.05) is 17.8 Å². The third kappa shape index (κ3) is 4.62. The minimum Gasteiger partial charge on any atom is -0.482 e. The largest absolute Gasteiger partial charge is 0.482 e. The Kier molecular flexibility index (Phi) is 6.75. The average Bonchev–Trinajstić information content (AvgIpc) is 2.70. The van der Waals surface area contributed by atoms with Crippen LogP contribution in [-0.2, 0) is 11.3 Å². The molecule has 1 aromatic heterocycles. The number of benzene rings is 2. The quantitative estimate of drug-likeness (QED) is 0.441. The smallest absolute Gasteiger partial charge is 0.374 e. The van der Waals surface area contributed by atoms with Gasteiger partial charge in [0.2, 0.25) is 5.82 Å². The molecule has 2 heterocycles. The van der Waals surface area contributed by atoms with Gasteiger partial charge in [0, 0.05) is 6.54 Å². The molecule has 0 saturated carbocycles. The second kappa shape index (κ2) is 9.04. The summed E-state index contributed by atoms with van der Waals surface area (Å²) in [6, 6.07) is 12.0. The number of nitrogens with zero attached hydrogens (tertiary/aromatic N) is 2. The van der Waals surface area contributed by atoms with Crippen molar-refractivity contribution in [2.45, 2.75) is 6.54 Å². The molecule has 0 atom stereocenters. The van der Waals surface area contributed by atoms with Gasteiger partial charge >= 0.3 is 5.97 Å². The van der Waals surface area contributed by atoms with Crippen LogP contribution in [0.2, 0.25) is 0 Å². The van der Waals surface area contributed by atoms with Crippen molar-refractivity contribution in [3.05, 3.63) is 64.2 Å². The number of carboxylic acids is 1. The molecular weight excluding hydrogens is 402 g/mol. The number of carboxylic acid groups (broad SMARTS) is 1. The van der Waals surface area contributed by atoms with Crippen molar-refractivity contribution in [1.82, 2.24) is 9.66 Å². The van der Waals surface area contributed by atoms with Crippen LogP contribution in [0.3, 0.4) is 0 Å². The van der Waals surface area contributed by atoms with Gasteiger partial charge in [0.25, 0.3) is 11.5 Å². The molecule has 3 aromatic rings. The molecule has 0 fully saturated rings. The van der Waals surface area contributed by atoms with Gasteiger partial charge in [0.15, 0.2) is 6.61 Å². The van der Waals surface area contributed by atoms with Crippen molar-refractivity contribution < 1.29 is 19.4 Å². The molecule has 0 spiro atoms. The van der Waals surface area contributed by atoms with E-state index in [0.29, 0.717) is 33.6 Å². The van der Waals surface area contributed by atoms with Gasteiger partial charge in [-0.1, -0.05) is 18.2 Å². The van der Waals surface area contributed by atoms with E-state index in [0.717, 1.165) is 5.56 Å². The van der Waals surface area contributed by atoms with Crippen LogP contribution in [-0.4, -0.2) is 33.2 Å². The number of aromatic carboxylic acids is 1. The number of ether oxygens (including phenoxy) is 1. The Morgan fingerprint density at radius 3 is 2.66 bits per heavy atom. The van der Waals surface area contributed by atoms with E-state index in [1.54, 1.807) is 24.3 Å². The van der Waals surface area contributed by atoms with Crippen molar-refractivity contribution in [1.29, 1.82) is 0 Å². The molecule has 10 nitrogen and oxygen atoms in total. The molecule has 0 radical (unpaired) electrons. The summed E-state index contributed by atoms with van der Waals surface area (Å²) in [7, 11) is 0. The Balaban J connectivity index is 0.000000202. The van der Waals surface area contributed by atoms with Gasteiger partial charge in [-0.15, -0.1) is 12.4 Å². The first-order chi connectivity index (χ1) is 13.4. The molecule has 0 bridgehead atoms. The highest BCUT2D eigenvalue weighted by molar-refractivity contribution is 5.95. The number of hydrogen-bond acceptors (Lipinski definition) is 7. The van der Waals surface area contributed by atoms with E-state index in [1.807, 2.05) is 18.2 Å². The van der Waals surface area contributed by atoms with Gasteiger partial charge in [-0.3, -0.25) is 9.59 Å². The third-order valence-electron chi connectivity index (χ3n) is 3.91. The molecule has 0 aliphatic carbocycles. The lowest BCUT2D eigenvalue weighted by atomic mass is 10.1. The topological polar surface area (TPSA) is 163 Å². The Bertz CT molecular complexity index is 1130. The van der Waals surface area contributed by atoms with E-state index in [4.69, 9.17) is 21.4 Å². The summed E-state index contributed by atoms with van der Waals surface area (Å²) < 4.78 is 5.71. The average molecular weight is 420 g/mol. The van der Waals surface area contributed by atoms with Gasteiger partial charge in [-0.25, -0.2) is 14.5 Å². The molecule has 1 aliphatic rings. The number of carbonyl (C=O) groups is 2. The number of amides is 1. The number of anilines is 1. The van der Waals surface area contributed by atoms with E-state index in [9.17, 15) is 14.4 Å². The Morgan fingerprint density at radius 1 is 1.24 bits per heavy atom. The van der Waals surface area contributed by atoms with Gasteiger partial charge in [-0.2, -0.15) is 0 Å². The number of fused-ring (bicyclic) bond motifs is 2. The highest BCUT2D eigenvalue weighted by Crippen LogP contribution is 2.28. The maximum Gasteiger partial charge on any atom is 0.374 e. The molecule has 1 aliphatic heterocycles. The molecule has 11 heteroatoms. The molecule has 152 valence electrons. The first-order valence-electron chi connectivity index (χ1n) is 8.16. The number of nitrogens with one attached hydrogen (secondary N) is 1. The van der Waals surface area contributed by atoms with Crippen LogP contribution in [0.15, 0.2) is 47.3 Å². The van der Waals surface area contributed by atoms with Crippen molar-refractivity contribution >= 4 is 40.9 Å². The number of nitrogens with two attached hydrogens (primary N) is 2. The number of aromatic nitrogens is 2. The minimum absolute atomic E-state index is 0. The molecule has 6 N–H and O–H groups in total. The summed E-state index contributed by atoms with van der Waals surface area (Å²) in [5, 5.41) is 11.8. The maximum atomic E-state index is 11.6. The second-order valence-electron chi connectivity index (χ2n) is 5.80. The van der Waals surface area contributed by atoms with Crippen LogP contribution < -0.4 is 27.2 Å². The summed E-state index contributed by atoms with van der Waals surface area (Å²) in [5.41, 5.74) is 6.90. The highest BCUT2D eigenvalue weighted by atomic mass is 35.5. The highest BCUT2D eigenvalue weighted by Gasteiger charge is 2.15. The predicted molar refractivity (Wildman–Crippen MR) is 109 cm³/mol. The normalized spacial score (nSPS) is 11.8. The summed E-state index contributed by atoms with van der Waals surface area (Å²) >= 11 is 0. The number of carbonyl (C=O) groups excluding carboxylic acids is 1. The van der Waals surface area contributed by atoms with E-state index in [-0.39, 0.29) is 24.9 Å². The Labute approximate surface area is 170 Å². The minimum atomic E-state index is -1.33. The zero-order chi connectivity index (χ0) is 20.3. The number of nitrogen functional groups attached to an aromatic ring is 1. The van der Waals surface area contributed by atoms with Crippen LogP contribution >= 0.6 is 12.4 Å². The summed E-state index contributed by atoms with van der Waals surface area (Å²) in [4.78, 5) is 37.0. The fourth-order valence-electron chi connectivity index (χ4n) is 2.55. The van der Waals surface area contributed by atoms with Gasteiger partial charge in [-0.05, 0) is 29.8 Å². The monoisotopic (exact) mass is 419 g/mol. The molecule has 4 rings (SSSR count). The maximum absolute atomic E-state index is 11.6. The van der Waals surface area contributed by atoms with Crippen molar-refractivity contribution in [3.63, 3.8) is 0 Å². The lowest BCUT2D eigenvalue weighted by molar-refractivity contribution is -0.118. The van der Waals surface area contributed by atoms with E-state index >= 15 is 0 Å². The Hall–Kier alpha value is -3.63. The first kappa shape index (κ1) is 21.7. The van der Waals surface area contributed by atoms with Crippen LogP contribution in [0.4, 0.5) is 5.69 Å². The lowest BCUT2D eigenvalue weighted by Gasteiger charge is -2.18. The van der Waals surface area contributed by atoms with Crippen LogP contribution in [0, 0.1) is 0 Å². The van der Waals surface area contributed by atoms with Gasteiger partial charge in [0.05, 0.1) is 16.6 Å². The van der Waals surface area contributed by atoms with Crippen LogP contribution in [0.1, 0.15) is 16.2 Å². The third-order valence-corrected chi connectivity index (χ3v) is 3.91. The Morgan fingerprint density at radius 2 is 1.97 bits per heavy atom. The molecular formula is C18H18ClN5O5. The summed E-state index contributed by atoms with van der Waals surface area (Å²) in [5.74, 6) is 4.09. The van der Waals surface area contributed by atoms with Crippen LogP contribution in [0.5, 0.6) is 5.75 Å². The van der Waals surface area contributed by atoms with Crippen LogP contribution in [0.25, 0.3) is 10.9 Å². The van der Waals surface area contributed by atoms with E-state index < -0.39 is 17.4 Å². The summed E-state index contributed by atoms with van der Waals surface area (Å²) in [6.07, 6.45) is 0. The molecule has 0 unspecified atom stereocenters. The van der Waals surface area contributed by atoms with Crippen molar-refractivity contribution in [3.8, 4) is 5.75 Å². The number of rotatable bonds is 2. The molecule has 0 saturated heterocycles. The van der Waals surface area contributed by atoms with E-state index in [2.05, 4.69) is 10.3 Å². The van der Waals surface area contributed by atoms with Crippen molar-refractivity contribution in [2.24, 2.45) is 5.73 Å². The molecule has 2 aromatic carbocycles. The predicted octanol–water partition coefficient (Wildman–Crippen LogP) is 0.706. The SMILES string of the molecule is Cl.NCc1ccc2c(c1)NC(=O)CO2.Nn1c(C(=O)O)nc2ccccc2c1=O. The zero-order valence-corrected chi connectivity index (χ0v) is 15.8. The lowest BCUT2D eigenvalue weighted by Crippen LogP contribution is -2.33.